The largest absolute Gasteiger partial charge is 0.496 e. The number of carboxylic acid groups (broad SMARTS) is 1. The Balaban J connectivity index is 1.76. The molecule has 0 atom stereocenters. The molecule has 0 spiro atoms. The Morgan fingerprint density at radius 2 is 1.86 bits per heavy atom. The van der Waals surface area contributed by atoms with Crippen molar-refractivity contribution in [3.8, 4) is 5.75 Å². The van der Waals surface area contributed by atoms with Gasteiger partial charge in [-0.05, 0) is 31.7 Å². The summed E-state index contributed by atoms with van der Waals surface area (Å²) in [6, 6.07) is 7.69. The number of piperidine rings is 1. The second-order valence-electron chi connectivity index (χ2n) is 6.19. The van der Waals surface area contributed by atoms with Crippen LogP contribution in [-0.4, -0.2) is 42.1 Å². The lowest BCUT2D eigenvalue weighted by molar-refractivity contribution is -0.146. The molecule has 118 valence electrons. The number of ether oxygens (including phenoxy) is 1. The van der Waals surface area contributed by atoms with Crippen molar-refractivity contribution in [2.45, 2.75) is 31.1 Å². The van der Waals surface area contributed by atoms with E-state index in [4.69, 9.17) is 9.84 Å². The summed E-state index contributed by atoms with van der Waals surface area (Å²) in [7, 11) is 1.62. The first-order valence-electron chi connectivity index (χ1n) is 7.74. The number of carboxylic acids is 1. The molecule has 0 aromatic heterocycles. The Labute approximate surface area is 129 Å². The van der Waals surface area contributed by atoms with Crippen LogP contribution in [0.3, 0.4) is 0 Å². The van der Waals surface area contributed by atoms with Crippen molar-refractivity contribution in [1.29, 1.82) is 0 Å². The molecule has 1 aromatic carbocycles. The first-order valence-corrected chi connectivity index (χ1v) is 7.74. The van der Waals surface area contributed by atoms with Crippen LogP contribution in [0.15, 0.2) is 24.3 Å². The number of hydrogen-bond donors (Lipinski definition) is 1. The predicted molar refractivity (Wildman–Crippen MR) is 80.8 cm³/mol. The van der Waals surface area contributed by atoms with E-state index in [0.29, 0.717) is 25.9 Å². The zero-order valence-corrected chi connectivity index (χ0v) is 12.7. The van der Waals surface area contributed by atoms with E-state index in [9.17, 15) is 9.59 Å². The Hall–Kier alpha value is -2.04. The van der Waals surface area contributed by atoms with Crippen LogP contribution in [0.2, 0.25) is 0 Å². The summed E-state index contributed by atoms with van der Waals surface area (Å²) >= 11 is 0. The number of nitrogens with zero attached hydrogens (tertiary/aromatic N) is 1. The highest BCUT2D eigenvalue weighted by atomic mass is 16.5. The molecule has 0 bridgehead atoms. The van der Waals surface area contributed by atoms with Gasteiger partial charge in [0.1, 0.15) is 5.75 Å². The molecule has 1 amide bonds. The number of rotatable bonds is 4. The normalized spacial score (nSPS) is 20.5. The number of carbonyl (C=O) groups excluding carboxylic acids is 1. The summed E-state index contributed by atoms with van der Waals surface area (Å²) < 4.78 is 5.41. The monoisotopic (exact) mass is 303 g/mol. The topological polar surface area (TPSA) is 66.8 Å². The van der Waals surface area contributed by atoms with Gasteiger partial charge in [0, 0.05) is 18.7 Å². The van der Waals surface area contributed by atoms with Crippen molar-refractivity contribution in [2.75, 3.05) is 20.2 Å². The lowest BCUT2D eigenvalue weighted by atomic mass is 9.90. The second-order valence-corrected chi connectivity index (χ2v) is 6.19. The van der Waals surface area contributed by atoms with Gasteiger partial charge < -0.3 is 14.7 Å². The number of amides is 1. The molecule has 0 unspecified atom stereocenters. The molecule has 1 saturated carbocycles. The van der Waals surface area contributed by atoms with Gasteiger partial charge in [-0.2, -0.15) is 0 Å². The van der Waals surface area contributed by atoms with Crippen molar-refractivity contribution in [3.05, 3.63) is 29.8 Å². The Bertz CT molecular complexity index is 586. The van der Waals surface area contributed by atoms with Crippen LogP contribution in [-0.2, 0) is 15.0 Å². The van der Waals surface area contributed by atoms with Crippen LogP contribution >= 0.6 is 0 Å². The van der Waals surface area contributed by atoms with E-state index < -0.39 is 11.4 Å². The summed E-state index contributed by atoms with van der Waals surface area (Å²) in [5, 5.41) is 9.06. The highest BCUT2D eigenvalue weighted by Crippen LogP contribution is 2.52. The minimum Gasteiger partial charge on any atom is -0.496 e. The van der Waals surface area contributed by atoms with Crippen LogP contribution < -0.4 is 4.74 Å². The first-order chi connectivity index (χ1) is 10.6. The van der Waals surface area contributed by atoms with Gasteiger partial charge in [0.2, 0.25) is 5.91 Å². The maximum absolute atomic E-state index is 13.0. The molecule has 1 saturated heterocycles. The van der Waals surface area contributed by atoms with Gasteiger partial charge in [-0.15, -0.1) is 0 Å². The van der Waals surface area contributed by atoms with Crippen LogP contribution in [0.5, 0.6) is 5.75 Å². The van der Waals surface area contributed by atoms with Gasteiger partial charge in [-0.1, -0.05) is 18.2 Å². The number of para-hydroxylation sites is 1. The zero-order valence-electron chi connectivity index (χ0n) is 12.7. The molecule has 0 radical (unpaired) electrons. The average molecular weight is 303 g/mol. The third-order valence-electron chi connectivity index (χ3n) is 4.91. The summed E-state index contributed by atoms with van der Waals surface area (Å²) in [6.07, 6.45) is 2.77. The summed E-state index contributed by atoms with van der Waals surface area (Å²) in [5.74, 6) is -0.182. The number of likely N-dealkylation sites (tertiary alicyclic amines) is 1. The van der Waals surface area contributed by atoms with E-state index in [1.807, 2.05) is 29.2 Å². The summed E-state index contributed by atoms with van der Waals surface area (Å²) in [5.41, 5.74) is 0.505. The third kappa shape index (κ3) is 2.45. The maximum atomic E-state index is 13.0. The smallest absolute Gasteiger partial charge is 0.306 e. The van der Waals surface area contributed by atoms with Crippen molar-refractivity contribution >= 4 is 11.9 Å². The molecule has 1 heterocycles. The fraction of sp³-hybridized carbons (Fsp3) is 0.529. The van der Waals surface area contributed by atoms with Crippen molar-refractivity contribution < 1.29 is 19.4 Å². The molecule has 5 nitrogen and oxygen atoms in total. The fourth-order valence-corrected chi connectivity index (χ4v) is 3.40. The third-order valence-corrected chi connectivity index (χ3v) is 4.91. The molecule has 1 N–H and O–H groups in total. The number of hydrogen-bond acceptors (Lipinski definition) is 3. The van der Waals surface area contributed by atoms with Crippen molar-refractivity contribution in [1.82, 2.24) is 4.90 Å². The lowest BCUT2D eigenvalue weighted by Crippen LogP contribution is -2.45. The Morgan fingerprint density at radius 1 is 1.23 bits per heavy atom. The highest BCUT2D eigenvalue weighted by molar-refractivity contribution is 5.92. The predicted octanol–water partition coefficient (Wildman–Crippen LogP) is 2.05. The van der Waals surface area contributed by atoms with Crippen LogP contribution in [0, 0.1) is 5.92 Å². The number of carbonyl (C=O) groups is 2. The molecular formula is C17H21NO4. The van der Waals surface area contributed by atoms with Crippen LogP contribution in [0.4, 0.5) is 0 Å². The van der Waals surface area contributed by atoms with Gasteiger partial charge in [0.05, 0.1) is 18.4 Å². The van der Waals surface area contributed by atoms with E-state index in [0.717, 1.165) is 24.2 Å². The number of methoxy groups -OCH3 is 1. The van der Waals surface area contributed by atoms with Gasteiger partial charge in [-0.25, -0.2) is 0 Å². The molecule has 1 aliphatic heterocycles. The second kappa shape index (κ2) is 5.63. The first kappa shape index (κ1) is 14.9. The van der Waals surface area contributed by atoms with Gasteiger partial charge in [-0.3, -0.25) is 9.59 Å². The van der Waals surface area contributed by atoms with E-state index in [2.05, 4.69) is 0 Å². The SMILES string of the molecule is COc1ccccc1C1(C(=O)N2CCC(C(=O)O)CC2)CC1. The summed E-state index contributed by atoms with van der Waals surface area (Å²) in [4.78, 5) is 25.8. The molecule has 3 rings (SSSR count). The zero-order chi connectivity index (χ0) is 15.7. The maximum Gasteiger partial charge on any atom is 0.306 e. The fourth-order valence-electron chi connectivity index (χ4n) is 3.40. The lowest BCUT2D eigenvalue weighted by Gasteiger charge is -2.33. The molecule has 1 aromatic rings. The molecule has 22 heavy (non-hydrogen) atoms. The van der Waals surface area contributed by atoms with Crippen LogP contribution in [0.1, 0.15) is 31.2 Å². The van der Waals surface area contributed by atoms with Crippen molar-refractivity contribution in [2.24, 2.45) is 5.92 Å². The van der Waals surface area contributed by atoms with Crippen LogP contribution in [0.25, 0.3) is 0 Å². The van der Waals surface area contributed by atoms with Gasteiger partial charge in [0.15, 0.2) is 0 Å². The molecule has 2 fully saturated rings. The summed E-state index contributed by atoms with van der Waals surface area (Å²) in [6.45, 7) is 1.07. The molecule has 1 aliphatic carbocycles. The van der Waals surface area contributed by atoms with E-state index in [1.54, 1.807) is 7.11 Å². The Kier molecular flexibility index (Phi) is 3.81. The van der Waals surface area contributed by atoms with E-state index in [-0.39, 0.29) is 11.8 Å². The quantitative estimate of drug-likeness (QED) is 0.924. The van der Waals surface area contributed by atoms with Gasteiger partial charge in [0.25, 0.3) is 0 Å². The molecule has 2 aliphatic rings. The molecular weight excluding hydrogens is 282 g/mol. The van der Waals surface area contributed by atoms with Gasteiger partial charge >= 0.3 is 5.97 Å². The minimum absolute atomic E-state index is 0.126. The van der Waals surface area contributed by atoms with E-state index >= 15 is 0 Å². The molecule has 5 heteroatoms. The number of benzene rings is 1. The standard InChI is InChI=1S/C17H21NO4/c1-22-14-5-3-2-4-13(14)17(8-9-17)16(21)18-10-6-12(7-11-18)15(19)20/h2-5,12H,6-11H2,1H3,(H,19,20). The Morgan fingerprint density at radius 3 is 2.41 bits per heavy atom. The average Bonchev–Trinajstić information content (AvgIpc) is 3.36. The highest BCUT2D eigenvalue weighted by Gasteiger charge is 2.54. The minimum atomic E-state index is -0.752. The van der Waals surface area contributed by atoms with Crippen molar-refractivity contribution in [3.63, 3.8) is 0 Å². The van der Waals surface area contributed by atoms with E-state index in [1.165, 1.54) is 0 Å². The number of aliphatic carboxylic acids is 1.